The third-order valence-corrected chi connectivity index (χ3v) is 3.15. The Morgan fingerprint density at radius 3 is 2.42 bits per heavy atom. The maximum Gasteiger partial charge on any atom is 0.177 e. The van der Waals surface area contributed by atoms with E-state index in [-0.39, 0.29) is 15.7 Å². The van der Waals surface area contributed by atoms with Crippen LogP contribution in [0.5, 0.6) is 0 Å². The fraction of sp³-hybridized carbons (Fsp3) is 0. The standard InChI is InChI=1S/C11H7F4N3S/c12-5-1-2-6(13)9(3-5)19-11-8(15)4-7(14)10(17-11)18-16/h1-4H,16H2,(H,17,18). The number of nitrogens with one attached hydrogen (secondary N) is 1. The Balaban J connectivity index is 2.40. The van der Waals surface area contributed by atoms with Gasteiger partial charge in [0.1, 0.15) is 16.7 Å². The Kier molecular flexibility index (Phi) is 3.91. The highest BCUT2D eigenvalue weighted by atomic mass is 32.2. The molecule has 0 atom stereocenters. The molecule has 0 amide bonds. The summed E-state index contributed by atoms with van der Waals surface area (Å²) in [6.45, 7) is 0. The minimum atomic E-state index is -0.995. The molecule has 0 fully saturated rings. The molecule has 0 aliphatic heterocycles. The van der Waals surface area contributed by atoms with Crippen molar-refractivity contribution < 1.29 is 17.6 Å². The molecule has 0 bridgehead atoms. The second-order valence-corrected chi connectivity index (χ2v) is 4.46. The summed E-state index contributed by atoms with van der Waals surface area (Å²) in [6, 6.07) is 3.28. The van der Waals surface area contributed by atoms with Gasteiger partial charge in [-0.1, -0.05) is 11.8 Å². The Bertz CT molecular complexity index is 621. The highest BCUT2D eigenvalue weighted by Crippen LogP contribution is 2.32. The van der Waals surface area contributed by atoms with Gasteiger partial charge in [0.25, 0.3) is 0 Å². The van der Waals surface area contributed by atoms with Crippen LogP contribution in [-0.2, 0) is 0 Å². The molecule has 0 saturated carbocycles. The average Bonchev–Trinajstić information content (AvgIpc) is 2.37. The van der Waals surface area contributed by atoms with Crippen LogP contribution < -0.4 is 11.3 Å². The summed E-state index contributed by atoms with van der Waals surface area (Å²) >= 11 is 0.530. The van der Waals surface area contributed by atoms with Gasteiger partial charge in [0.15, 0.2) is 17.5 Å². The van der Waals surface area contributed by atoms with Gasteiger partial charge in [0, 0.05) is 6.07 Å². The predicted octanol–water partition coefficient (Wildman–Crippen LogP) is 3.07. The normalized spacial score (nSPS) is 10.6. The van der Waals surface area contributed by atoms with Gasteiger partial charge in [-0.15, -0.1) is 0 Å². The molecule has 0 unspecified atom stereocenters. The maximum absolute atomic E-state index is 13.5. The Hall–Kier alpha value is -1.80. The van der Waals surface area contributed by atoms with Crippen LogP contribution in [-0.4, -0.2) is 4.98 Å². The zero-order valence-corrected chi connectivity index (χ0v) is 10.1. The minimum absolute atomic E-state index is 0.166. The van der Waals surface area contributed by atoms with Crippen LogP contribution >= 0.6 is 11.8 Å². The quantitative estimate of drug-likeness (QED) is 0.518. The lowest BCUT2D eigenvalue weighted by Crippen LogP contribution is -2.11. The van der Waals surface area contributed by atoms with Crippen molar-refractivity contribution in [3.8, 4) is 0 Å². The number of hydrogen-bond donors (Lipinski definition) is 2. The van der Waals surface area contributed by atoms with Crippen molar-refractivity contribution in [1.82, 2.24) is 4.98 Å². The van der Waals surface area contributed by atoms with Gasteiger partial charge in [0.05, 0.1) is 4.90 Å². The number of hydrogen-bond acceptors (Lipinski definition) is 4. The zero-order valence-electron chi connectivity index (χ0n) is 9.25. The first kappa shape index (κ1) is 13.6. The van der Waals surface area contributed by atoms with Crippen LogP contribution in [0.15, 0.2) is 34.2 Å². The second-order valence-electron chi connectivity index (χ2n) is 3.43. The zero-order chi connectivity index (χ0) is 14.0. The third-order valence-electron chi connectivity index (χ3n) is 2.13. The molecule has 2 rings (SSSR count). The second kappa shape index (κ2) is 5.45. The van der Waals surface area contributed by atoms with Crippen LogP contribution in [0.3, 0.4) is 0 Å². The fourth-order valence-electron chi connectivity index (χ4n) is 1.28. The van der Waals surface area contributed by atoms with Crippen molar-refractivity contribution >= 4 is 17.6 Å². The van der Waals surface area contributed by atoms with Crippen LogP contribution in [0.4, 0.5) is 23.4 Å². The Morgan fingerprint density at radius 2 is 1.74 bits per heavy atom. The van der Waals surface area contributed by atoms with Crippen molar-refractivity contribution in [3.63, 3.8) is 0 Å². The van der Waals surface area contributed by atoms with Gasteiger partial charge in [-0.05, 0) is 18.2 Å². The van der Waals surface area contributed by atoms with Crippen LogP contribution in [0.2, 0.25) is 0 Å². The number of benzene rings is 1. The minimum Gasteiger partial charge on any atom is -0.306 e. The molecule has 3 N–H and O–H groups in total. The lowest BCUT2D eigenvalue weighted by Gasteiger charge is -2.07. The SMILES string of the molecule is NNc1nc(Sc2cc(F)ccc2F)c(F)cc1F. The molecular weight excluding hydrogens is 282 g/mol. The summed E-state index contributed by atoms with van der Waals surface area (Å²) < 4.78 is 53.0. The summed E-state index contributed by atoms with van der Waals surface area (Å²) in [7, 11) is 0. The first-order chi connectivity index (χ1) is 9.01. The number of nitrogens with two attached hydrogens (primary N) is 1. The van der Waals surface area contributed by atoms with Crippen molar-refractivity contribution in [3.05, 3.63) is 47.5 Å². The number of aromatic nitrogens is 1. The van der Waals surface area contributed by atoms with E-state index in [2.05, 4.69) is 4.98 Å². The largest absolute Gasteiger partial charge is 0.306 e. The van der Waals surface area contributed by atoms with Gasteiger partial charge in [-0.2, -0.15) is 0 Å². The van der Waals surface area contributed by atoms with E-state index in [9.17, 15) is 17.6 Å². The van der Waals surface area contributed by atoms with Gasteiger partial charge in [0.2, 0.25) is 0 Å². The number of hydrazine groups is 1. The molecule has 0 saturated heterocycles. The maximum atomic E-state index is 13.5. The van der Waals surface area contributed by atoms with Crippen LogP contribution in [0.1, 0.15) is 0 Å². The van der Waals surface area contributed by atoms with Crippen LogP contribution in [0.25, 0.3) is 0 Å². The molecule has 1 heterocycles. The lowest BCUT2D eigenvalue weighted by molar-refractivity contribution is 0.550. The van der Waals surface area contributed by atoms with Crippen molar-refractivity contribution in [1.29, 1.82) is 0 Å². The summed E-state index contributed by atoms with van der Waals surface area (Å²) in [6.07, 6.45) is 0. The smallest absolute Gasteiger partial charge is 0.177 e. The Labute approximate surface area is 109 Å². The molecule has 8 heteroatoms. The highest BCUT2D eigenvalue weighted by Gasteiger charge is 2.14. The molecule has 1 aromatic carbocycles. The number of rotatable bonds is 3. The van der Waals surface area contributed by atoms with Crippen molar-refractivity contribution in [2.75, 3.05) is 5.43 Å². The van der Waals surface area contributed by atoms with E-state index in [1.165, 1.54) is 0 Å². The molecule has 0 aliphatic rings. The predicted molar refractivity (Wildman–Crippen MR) is 62.4 cm³/mol. The molecule has 0 spiro atoms. The van der Waals surface area contributed by atoms with E-state index in [1.807, 2.05) is 5.43 Å². The van der Waals surface area contributed by atoms with Crippen molar-refractivity contribution in [2.24, 2.45) is 5.84 Å². The highest BCUT2D eigenvalue weighted by molar-refractivity contribution is 7.99. The van der Waals surface area contributed by atoms with E-state index in [1.54, 1.807) is 0 Å². The summed E-state index contributed by atoms with van der Waals surface area (Å²) in [4.78, 5) is 3.38. The molecule has 0 radical (unpaired) electrons. The number of anilines is 1. The van der Waals surface area contributed by atoms with Crippen LogP contribution in [0, 0.1) is 23.3 Å². The first-order valence-corrected chi connectivity index (χ1v) is 5.78. The third kappa shape index (κ3) is 2.96. The molecule has 100 valence electrons. The van der Waals surface area contributed by atoms with Gasteiger partial charge >= 0.3 is 0 Å². The Morgan fingerprint density at radius 1 is 1.00 bits per heavy atom. The van der Waals surface area contributed by atoms with E-state index >= 15 is 0 Å². The molecule has 2 aromatic rings. The first-order valence-electron chi connectivity index (χ1n) is 4.97. The fourth-order valence-corrected chi connectivity index (χ4v) is 2.12. The van der Waals surface area contributed by atoms with Gasteiger partial charge in [-0.3, -0.25) is 0 Å². The van der Waals surface area contributed by atoms with E-state index in [4.69, 9.17) is 5.84 Å². The summed E-state index contributed by atoms with van der Waals surface area (Å²) in [5.41, 5.74) is 1.94. The number of nitrogen functional groups attached to an aromatic ring is 1. The summed E-state index contributed by atoms with van der Waals surface area (Å²) in [5.74, 6) is 1.22. The topological polar surface area (TPSA) is 50.9 Å². The van der Waals surface area contributed by atoms with Gasteiger partial charge < -0.3 is 5.43 Å². The lowest BCUT2D eigenvalue weighted by atomic mass is 10.3. The van der Waals surface area contributed by atoms with Gasteiger partial charge in [-0.25, -0.2) is 28.4 Å². The van der Waals surface area contributed by atoms with E-state index < -0.39 is 23.3 Å². The molecule has 19 heavy (non-hydrogen) atoms. The number of pyridine rings is 1. The monoisotopic (exact) mass is 289 g/mol. The number of nitrogens with zero attached hydrogens (tertiary/aromatic N) is 1. The molecule has 1 aromatic heterocycles. The molecule has 0 aliphatic carbocycles. The summed E-state index contributed by atoms with van der Waals surface area (Å²) in [5, 5.41) is -0.321. The number of halogens is 4. The van der Waals surface area contributed by atoms with E-state index in [0.717, 1.165) is 18.2 Å². The molecule has 3 nitrogen and oxygen atoms in total. The molecular formula is C11H7F4N3S. The van der Waals surface area contributed by atoms with E-state index in [0.29, 0.717) is 17.8 Å². The van der Waals surface area contributed by atoms with Crippen molar-refractivity contribution in [2.45, 2.75) is 9.92 Å². The average molecular weight is 289 g/mol.